The summed E-state index contributed by atoms with van der Waals surface area (Å²) in [6.07, 6.45) is -4.71. The van der Waals surface area contributed by atoms with Crippen molar-refractivity contribution in [1.29, 1.82) is 0 Å². The second-order valence-electron chi connectivity index (χ2n) is 4.69. The first-order valence-electron chi connectivity index (χ1n) is 5.67. The van der Waals surface area contributed by atoms with E-state index in [1.807, 2.05) is 0 Å². The number of rotatable bonds is 4. The van der Waals surface area contributed by atoms with Gasteiger partial charge in [-0.15, -0.1) is 13.2 Å². The molecule has 1 aromatic carbocycles. The van der Waals surface area contributed by atoms with E-state index in [4.69, 9.17) is 17.3 Å². The molecule has 20 heavy (non-hydrogen) atoms. The van der Waals surface area contributed by atoms with E-state index in [1.165, 1.54) is 24.3 Å². The van der Waals surface area contributed by atoms with Gasteiger partial charge in [-0.3, -0.25) is 0 Å². The van der Waals surface area contributed by atoms with Crippen LogP contribution in [0.2, 0.25) is 0 Å². The molecule has 4 nitrogen and oxygen atoms in total. The summed E-state index contributed by atoms with van der Waals surface area (Å²) in [6, 6.07) is 5.16. The quantitative estimate of drug-likeness (QED) is 0.747. The molecule has 0 spiro atoms. The maximum absolute atomic E-state index is 12.0. The lowest BCUT2D eigenvalue weighted by molar-refractivity contribution is -0.274. The van der Waals surface area contributed by atoms with Crippen LogP contribution in [0, 0.1) is 0 Å². The molecule has 0 fully saturated rings. The minimum atomic E-state index is -4.71. The number of nitrogens with one attached hydrogen (secondary N) is 2. The Morgan fingerprint density at radius 2 is 1.80 bits per heavy atom. The van der Waals surface area contributed by atoms with E-state index in [-0.39, 0.29) is 17.5 Å². The highest BCUT2D eigenvalue weighted by molar-refractivity contribution is 7.80. The second kappa shape index (κ2) is 6.27. The molecular formula is C12H15F3N2O2S. The first-order valence-corrected chi connectivity index (χ1v) is 6.08. The normalized spacial score (nSPS) is 11.9. The van der Waals surface area contributed by atoms with Crippen LogP contribution in [0.3, 0.4) is 0 Å². The molecule has 112 valence electrons. The summed E-state index contributed by atoms with van der Waals surface area (Å²) >= 11 is 5.03. The molecule has 0 saturated heterocycles. The first kappa shape index (κ1) is 16.5. The van der Waals surface area contributed by atoms with E-state index in [1.54, 1.807) is 13.8 Å². The lowest BCUT2D eigenvalue weighted by Gasteiger charge is -2.25. The maximum atomic E-state index is 12.0. The highest BCUT2D eigenvalue weighted by Gasteiger charge is 2.30. The Bertz CT molecular complexity index is 461. The third kappa shape index (κ3) is 6.07. The number of benzene rings is 1. The fourth-order valence-electron chi connectivity index (χ4n) is 1.25. The second-order valence-corrected chi connectivity index (χ2v) is 5.10. The van der Waals surface area contributed by atoms with E-state index in [2.05, 4.69) is 15.4 Å². The number of thiocarbonyl (C=S) groups is 1. The number of hydrogen-bond acceptors (Lipinski definition) is 3. The largest absolute Gasteiger partial charge is 0.573 e. The van der Waals surface area contributed by atoms with Gasteiger partial charge in [0.2, 0.25) is 0 Å². The molecule has 0 aliphatic rings. The summed E-state index contributed by atoms with van der Waals surface area (Å²) in [7, 11) is 0. The number of aliphatic hydroxyl groups is 1. The van der Waals surface area contributed by atoms with Crippen molar-refractivity contribution in [3.8, 4) is 5.75 Å². The summed E-state index contributed by atoms with van der Waals surface area (Å²) in [6.45, 7) is 3.38. The van der Waals surface area contributed by atoms with Crippen LogP contribution in [-0.2, 0) is 0 Å². The van der Waals surface area contributed by atoms with Gasteiger partial charge in [-0.05, 0) is 50.3 Å². The monoisotopic (exact) mass is 308 g/mol. The van der Waals surface area contributed by atoms with E-state index in [0.29, 0.717) is 5.69 Å². The number of alkyl halides is 3. The molecule has 8 heteroatoms. The summed E-state index contributed by atoms with van der Waals surface area (Å²) in [5, 5.41) is 15.0. The van der Waals surface area contributed by atoms with Gasteiger partial charge in [0.15, 0.2) is 5.11 Å². The zero-order valence-corrected chi connectivity index (χ0v) is 11.7. The van der Waals surface area contributed by atoms with Gasteiger partial charge < -0.3 is 20.5 Å². The highest BCUT2D eigenvalue weighted by atomic mass is 32.1. The van der Waals surface area contributed by atoms with Crippen LogP contribution < -0.4 is 15.4 Å². The van der Waals surface area contributed by atoms with E-state index in [9.17, 15) is 13.2 Å². The number of ether oxygens (including phenoxy) is 1. The molecule has 1 aromatic rings. The van der Waals surface area contributed by atoms with Crippen molar-refractivity contribution in [3.05, 3.63) is 24.3 Å². The van der Waals surface area contributed by atoms with Crippen molar-refractivity contribution in [2.75, 3.05) is 11.9 Å². The van der Waals surface area contributed by atoms with Gasteiger partial charge in [-0.25, -0.2) is 0 Å². The average molecular weight is 308 g/mol. The number of halogens is 3. The van der Waals surface area contributed by atoms with Crippen molar-refractivity contribution >= 4 is 23.0 Å². The molecule has 0 aliphatic heterocycles. The molecule has 0 atom stereocenters. The van der Waals surface area contributed by atoms with Crippen molar-refractivity contribution in [2.24, 2.45) is 0 Å². The Morgan fingerprint density at radius 1 is 1.25 bits per heavy atom. The molecule has 0 radical (unpaired) electrons. The van der Waals surface area contributed by atoms with Crippen LogP contribution in [0.25, 0.3) is 0 Å². The smallest absolute Gasteiger partial charge is 0.406 e. The van der Waals surface area contributed by atoms with Crippen molar-refractivity contribution in [2.45, 2.75) is 25.7 Å². The number of hydrogen-bond donors (Lipinski definition) is 3. The van der Waals surface area contributed by atoms with Gasteiger partial charge >= 0.3 is 6.36 Å². The molecule has 0 amide bonds. The Labute approximate surface area is 119 Å². The lowest BCUT2D eigenvalue weighted by Crippen LogP contribution is -2.47. The van der Waals surface area contributed by atoms with Crippen molar-refractivity contribution in [3.63, 3.8) is 0 Å². The Balaban J connectivity index is 2.60. The minimum Gasteiger partial charge on any atom is -0.406 e. The first-order chi connectivity index (χ1) is 9.11. The van der Waals surface area contributed by atoms with Crippen molar-refractivity contribution in [1.82, 2.24) is 5.32 Å². The van der Waals surface area contributed by atoms with E-state index in [0.717, 1.165) is 0 Å². The van der Waals surface area contributed by atoms with Crippen LogP contribution >= 0.6 is 12.2 Å². The summed E-state index contributed by atoms with van der Waals surface area (Å²) < 4.78 is 39.7. The molecule has 0 aromatic heterocycles. The summed E-state index contributed by atoms with van der Waals surface area (Å²) in [5.74, 6) is -0.308. The third-order valence-corrected chi connectivity index (χ3v) is 2.40. The maximum Gasteiger partial charge on any atom is 0.573 e. The predicted octanol–water partition coefficient (Wildman–Crippen LogP) is 2.64. The minimum absolute atomic E-state index is 0.118. The summed E-state index contributed by atoms with van der Waals surface area (Å²) in [4.78, 5) is 0. The molecule has 0 unspecified atom stereocenters. The van der Waals surface area contributed by atoms with Gasteiger partial charge in [0.1, 0.15) is 5.75 Å². The predicted molar refractivity (Wildman–Crippen MR) is 73.6 cm³/mol. The van der Waals surface area contributed by atoms with Gasteiger partial charge in [-0.2, -0.15) is 0 Å². The van der Waals surface area contributed by atoms with Crippen molar-refractivity contribution < 1.29 is 23.0 Å². The Kier molecular flexibility index (Phi) is 5.18. The zero-order chi connectivity index (χ0) is 15.4. The van der Waals surface area contributed by atoms with Crippen LogP contribution in [0.4, 0.5) is 18.9 Å². The molecule has 1 rings (SSSR count). The molecule has 0 saturated carbocycles. The van der Waals surface area contributed by atoms with Crippen LogP contribution in [-0.4, -0.2) is 28.7 Å². The Morgan fingerprint density at radius 3 is 2.25 bits per heavy atom. The molecule has 0 bridgehead atoms. The van der Waals surface area contributed by atoms with E-state index >= 15 is 0 Å². The molecule has 3 N–H and O–H groups in total. The number of anilines is 1. The van der Waals surface area contributed by atoms with Crippen LogP contribution in [0.5, 0.6) is 5.75 Å². The fourth-order valence-corrected chi connectivity index (χ4v) is 1.64. The van der Waals surface area contributed by atoms with E-state index < -0.39 is 11.9 Å². The molecule has 0 heterocycles. The Hall–Kier alpha value is -1.54. The third-order valence-electron chi connectivity index (χ3n) is 2.19. The highest BCUT2D eigenvalue weighted by Crippen LogP contribution is 2.23. The number of aliphatic hydroxyl groups excluding tert-OH is 1. The van der Waals surface area contributed by atoms with Gasteiger partial charge in [0.05, 0.1) is 12.1 Å². The fraction of sp³-hybridized carbons (Fsp3) is 0.417. The van der Waals surface area contributed by atoms with Crippen LogP contribution in [0.1, 0.15) is 13.8 Å². The average Bonchev–Trinajstić information content (AvgIpc) is 2.29. The molecule has 0 aliphatic carbocycles. The lowest BCUT2D eigenvalue weighted by atomic mass is 10.1. The van der Waals surface area contributed by atoms with Gasteiger partial charge in [-0.1, -0.05) is 0 Å². The molecular weight excluding hydrogens is 293 g/mol. The zero-order valence-electron chi connectivity index (χ0n) is 10.9. The topological polar surface area (TPSA) is 53.5 Å². The summed E-state index contributed by atoms with van der Waals surface area (Å²) in [5.41, 5.74) is -0.0885. The SMILES string of the molecule is CC(C)(CO)NC(=S)Nc1ccc(OC(F)(F)F)cc1. The standard InChI is InChI=1S/C12H15F3N2O2S/c1-11(2,7-18)17-10(20)16-8-3-5-9(6-4-8)19-12(13,14)15/h3-6,18H,7H2,1-2H3,(H2,16,17,20). The van der Waals surface area contributed by atoms with Gasteiger partial charge in [0, 0.05) is 5.69 Å². The van der Waals surface area contributed by atoms with Crippen LogP contribution in [0.15, 0.2) is 24.3 Å². The van der Waals surface area contributed by atoms with Gasteiger partial charge in [0.25, 0.3) is 0 Å².